The number of rotatable bonds is 7. The lowest BCUT2D eigenvalue weighted by Gasteiger charge is -2.36. The molecule has 1 aliphatic carbocycles. The summed E-state index contributed by atoms with van der Waals surface area (Å²) >= 11 is 0. The molecule has 4 rings (SSSR count). The van der Waals surface area contributed by atoms with Gasteiger partial charge in [0.05, 0.1) is 25.0 Å². The molecule has 0 radical (unpaired) electrons. The molecular formula is C24H32FN5O3. The quantitative estimate of drug-likeness (QED) is 0.656. The Kier molecular flexibility index (Phi) is 7.27. The molecule has 178 valence electrons. The molecular weight excluding hydrogens is 425 g/mol. The van der Waals surface area contributed by atoms with Crippen LogP contribution < -0.4 is 20.3 Å². The molecule has 1 amide bonds. The number of ether oxygens (including phenoxy) is 2. The summed E-state index contributed by atoms with van der Waals surface area (Å²) < 4.78 is 25.7. The molecule has 0 unspecified atom stereocenters. The van der Waals surface area contributed by atoms with E-state index in [1.54, 1.807) is 0 Å². The summed E-state index contributed by atoms with van der Waals surface area (Å²) in [5.74, 6) is -0.159. The van der Waals surface area contributed by atoms with E-state index in [1.807, 2.05) is 24.3 Å². The van der Waals surface area contributed by atoms with E-state index < -0.39 is 5.82 Å². The predicted octanol–water partition coefficient (Wildman–Crippen LogP) is 3.66. The van der Waals surface area contributed by atoms with Crippen molar-refractivity contribution in [3.05, 3.63) is 36.3 Å². The second-order valence-corrected chi connectivity index (χ2v) is 9.07. The van der Waals surface area contributed by atoms with Gasteiger partial charge in [0.15, 0.2) is 0 Å². The van der Waals surface area contributed by atoms with Crippen molar-refractivity contribution < 1.29 is 18.7 Å². The van der Waals surface area contributed by atoms with Gasteiger partial charge in [-0.25, -0.2) is 4.98 Å². The van der Waals surface area contributed by atoms with Gasteiger partial charge < -0.3 is 25.0 Å². The van der Waals surface area contributed by atoms with Crippen LogP contribution in [0.2, 0.25) is 0 Å². The summed E-state index contributed by atoms with van der Waals surface area (Å²) in [6.07, 6.45) is 4.16. The monoisotopic (exact) mass is 457 g/mol. The smallest absolute Gasteiger partial charge is 0.255 e. The molecule has 1 saturated heterocycles. The summed E-state index contributed by atoms with van der Waals surface area (Å²) in [7, 11) is 0. The first-order valence-electron chi connectivity index (χ1n) is 11.6. The number of nitrogens with one attached hydrogen (secondary N) is 2. The van der Waals surface area contributed by atoms with Crippen molar-refractivity contribution in [1.29, 1.82) is 0 Å². The minimum absolute atomic E-state index is 0.0266. The Morgan fingerprint density at radius 3 is 2.64 bits per heavy atom. The van der Waals surface area contributed by atoms with Crippen LogP contribution in [-0.2, 0) is 9.53 Å². The van der Waals surface area contributed by atoms with Gasteiger partial charge in [0.2, 0.25) is 17.7 Å². The zero-order chi connectivity index (χ0) is 23.4. The van der Waals surface area contributed by atoms with Crippen LogP contribution in [0.25, 0.3) is 0 Å². The van der Waals surface area contributed by atoms with Crippen LogP contribution in [0.15, 0.2) is 30.5 Å². The molecule has 1 aromatic carbocycles. The van der Waals surface area contributed by atoms with E-state index in [0.29, 0.717) is 6.61 Å². The van der Waals surface area contributed by atoms with E-state index in [1.165, 1.54) is 6.92 Å². The van der Waals surface area contributed by atoms with Gasteiger partial charge in [-0.3, -0.25) is 4.79 Å². The van der Waals surface area contributed by atoms with Gasteiger partial charge in [-0.05, 0) is 63.3 Å². The number of halogens is 1. The summed E-state index contributed by atoms with van der Waals surface area (Å²) in [6, 6.07) is 8.15. The third-order valence-corrected chi connectivity index (χ3v) is 6.02. The van der Waals surface area contributed by atoms with Gasteiger partial charge in [0, 0.05) is 37.4 Å². The highest BCUT2D eigenvalue weighted by atomic mass is 19.1. The first-order valence-corrected chi connectivity index (χ1v) is 11.6. The Morgan fingerprint density at radius 1 is 1.21 bits per heavy atom. The highest BCUT2D eigenvalue weighted by Gasteiger charge is 2.26. The van der Waals surface area contributed by atoms with Gasteiger partial charge in [0.25, 0.3) is 5.88 Å². The predicted molar refractivity (Wildman–Crippen MR) is 124 cm³/mol. The molecule has 1 aliphatic heterocycles. The Balaban J connectivity index is 1.33. The highest BCUT2D eigenvalue weighted by Crippen LogP contribution is 2.28. The molecule has 2 aromatic rings. The zero-order valence-corrected chi connectivity index (χ0v) is 19.4. The Morgan fingerprint density at radius 2 is 1.94 bits per heavy atom. The fourth-order valence-corrected chi connectivity index (χ4v) is 4.63. The lowest BCUT2D eigenvalue weighted by Crippen LogP contribution is -2.45. The molecule has 33 heavy (non-hydrogen) atoms. The molecule has 4 atom stereocenters. The number of benzene rings is 1. The summed E-state index contributed by atoms with van der Waals surface area (Å²) in [5.41, 5.74) is 1.93. The Labute approximate surface area is 193 Å². The van der Waals surface area contributed by atoms with Crippen molar-refractivity contribution in [3.63, 3.8) is 0 Å². The van der Waals surface area contributed by atoms with E-state index in [0.717, 1.165) is 49.9 Å². The molecule has 8 nitrogen and oxygen atoms in total. The van der Waals surface area contributed by atoms with E-state index in [2.05, 4.69) is 39.3 Å². The van der Waals surface area contributed by atoms with Gasteiger partial charge >= 0.3 is 0 Å². The number of carbonyl (C=O) groups excluding carboxylic acids is 1. The fraction of sp³-hybridized carbons (Fsp3) is 0.542. The second-order valence-electron chi connectivity index (χ2n) is 9.07. The number of nitrogens with zero attached hydrogens (tertiary/aromatic N) is 3. The molecule has 2 aliphatic rings. The summed E-state index contributed by atoms with van der Waals surface area (Å²) in [5, 5.41) is 6.05. The van der Waals surface area contributed by atoms with Gasteiger partial charge in [-0.2, -0.15) is 9.37 Å². The number of anilines is 3. The number of hydrogen-bond donors (Lipinski definition) is 2. The third-order valence-electron chi connectivity index (χ3n) is 6.02. The van der Waals surface area contributed by atoms with Crippen molar-refractivity contribution >= 4 is 23.2 Å². The maximum atomic E-state index is 14.2. The van der Waals surface area contributed by atoms with Crippen LogP contribution in [-0.4, -0.2) is 53.8 Å². The maximum Gasteiger partial charge on any atom is 0.255 e. The van der Waals surface area contributed by atoms with Crippen LogP contribution in [0.3, 0.4) is 0 Å². The average molecular weight is 458 g/mol. The molecule has 0 spiro atoms. The SMILES string of the molecule is CC(=O)N[C@H]1CC[C@@H](COc2nc(Nc3ccc(N4C[C@@H](C)O[C@@H](C)C4)cc3)ncc2F)C1. The zero-order valence-electron chi connectivity index (χ0n) is 19.4. The van der Waals surface area contributed by atoms with E-state index >= 15 is 0 Å². The minimum Gasteiger partial charge on any atom is -0.475 e. The van der Waals surface area contributed by atoms with Crippen molar-refractivity contribution in [1.82, 2.24) is 15.3 Å². The first-order chi connectivity index (χ1) is 15.9. The average Bonchev–Trinajstić information content (AvgIpc) is 3.20. The summed E-state index contributed by atoms with van der Waals surface area (Å²) in [4.78, 5) is 21.8. The number of hydrogen-bond acceptors (Lipinski definition) is 7. The number of amides is 1. The second kappa shape index (κ2) is 10.3. The van der Waals surface area contributed by atoms with Crippen LogP contribution in [0.4, 0.5) is 21.7 Å². The molecule has 2 heterocycles. The summed E-state index contributed by atoms with van der Waals surface area (Å²) in [6.45, 7) is 7.74. The largest absolute Gasteiger partial charge is 0.475 e. The van der Waals surface area contributed by atoms with Crippen LogP contribution in [0, 0.1) is 11.7 Å². The third kappa shape index (κ3) is 6.31. The van der Waals surface area contributed by atoms with Gasteiger partial charge in [-0.15, -0.1) is 0 Å². The van der Waals surface area contributed by atoms with Gasteiger partial charge in [0.1, 0.15) is 0 Å². The van der Waals surface area contributed by atoms with Crippen LogP contribution in [0.1, 0.15) is 40.0 Å². The number of carbonyl (C=O) groups is 1. The molecule has 2 fully saturated rings. The minimum atomic E-state index is -0.595. The van der Waals surface area contributed by atoms with E-state index in [-0.39, 0.29) is 41.9 Å². The topological polar surface area (TPSA) is 88.6 Å². The molecule has 2 N–H and O–H groups in total. The van der Waals surface area contributed by atoms with Crippen LogP contribution >= 0.6 is 0 Å². The van der Waals surface area contributed by atoms with E-state index in [4.69, 9.17) is 9.47 Å². The van der Waals surface area contributed by atoms with Crippen molar-refractivity contribution in [3.8, 4) is 5.88 Å². The Hall–Kier alpha value is -2.94. The lowest BCUT2D eigenvalue weighted by molar-refractivity contribution is -0.119. The molecule has 9 heteroatoms. The number of aromatic nitrogens is 2. The molecule has 0 bridgehead atoms. The van der Waals surface area contributed by atoms with Crippen molar-refractivity contribution in [2.24, 2.45) is 5.92 Å². The Bertz CT molecular complexity index is 948. The number of morpholine rings is 1. The fourth-order valence-electron chi connectivity index (χ4n) is 4.63. The maximum absolute atomic E-state index is 14.2. The van der Waals surface area contributed by atoms with Crippen LogP contribution in [0.5, 0.6) is 5.88 Å². The highest BCUT2D eigenvalue weighted by molar-refractivity contribution is 5.73. The van der Waals surface area contributed by atoms with Gasteiger partial charge in [-0.1, -0.05) is 0 Å². The molecule has 1 aromatic heterocycles. The lowest BCUT2D eigenvalue weighted by atomic mass is 10.1. The molecule has 1 saturated carbocycles. The van der Waals surface area contributed by atoms with Crippen molar-refractivity contribution in [2.45, 2.75) is 58.3 Å². The first kappa shape index (κ1) is 23.2. The standard InChI is InChI=1S/C24H32FN5O3/c1-15-12-30(13-16(2)33-15)21-8-6-19(7-9-21)28-24-26-11-22(25)23(29-24)32-14-18-4-5-20(10-18)27-17(3)31/h6-9,11,15-16,18,20H,4-5,10,12-14H2,1-3H3,(H,27,31)(H,26,28,29)/t15-,16+,18-,20+/m1/s1. The van der Waals surface area contributed by atoms with E-state index in [9.17, 15) is 9.18 Å². The van der Waals surface area contributed by atoms with Crippen molar-refractivity contribution in [2.75, 3.05) is 29.9 Å². The normalized spacial score (nSPS) is 25.0.